The molecule has 4 nitrogen and oxygen atoms in total. The highest BCUT2D eigenvalue weighted by molar-refractivity contribution is 14.1. The fraction of sp³-hybridized carbons (Fsp3) is 0.933. The second-order valence-electron chi connectivity index (χ2n) is 6.10. The van der Waals surface area contributed by atoms with Gasteiger partial charge in [0.15, 0.2) is 0 Å². The Kier molecular flexibility index (Phi) is 6.09. The first-order valence-electron chi connectivity index (χ1n) is 7.53. The SMILES string of the molecule is C[C@@H](C#N)CC1CCC2OC(CCCO)CC2(CI)O1. The summed E-state index contributed by atoms with van der Waals surface area (Å²) < 4.78 is 13.5. The largest absolute Gasteiger partial charge is 0.396 e. The van der Waals surface area contributed by atoms with Gasteiger partial charge < -0.3 is 14.6 Å². The minimum Gasteiger partial charge on any atom is -0.396 e. The number of aliphatic hydroxyl groups excluding tert-OH is 1. The molecule has 2 rings (SSSR count). The van der Waals surface area contributed by atoms with Gasteiger partial charge in [-0.2, -0.15) is 5.26 Å². The summed E-state index contributed by atoms with van der Waals surface area (Å²) in [7, 11) is 0. The molecule has 20 heavy (non-hydrogen) atoms. The van der Waals surface area contributed by atoms with E-state index in [0.29, 0.717) is 0 Å². The van der Waals surface area contributed by atoms with E-state index in [-0.39, 0.29) is 36.4 Å². The van der Waals surface area contributed by atoms with Crippen LogP contribution >= 0.6 is 22.6 Å². The van der Waals surface area contributed by atoms with Crippen LogP contribution < -0.4 is 0 Å². The van der Waals surface area contributed by atoms with Crippen LogP contribution in [0.15, 0.2) is 0 Å². The van der Waals surface area contributed by atoms with E-state index in [2.05, 4.69) is 28.7 Å². The third-order valence-corrected chi connectivity index (χ3v) is 5.71. The number of halogens is 1. The molecule has 0 aromatic heterocycles. The molecule has 0 spiro atoms. The van der Waals surface area contributed by atoms with Crippen LogP contribution in [-0.4, -0.2) is 40.1 Å². The van der Waals surface area contributed by atoms with Crippen molar-refractivity contribution in [2.45, 2.75) is 69.4 Å². The molecule has 0 radical (unpaired) electrons. The van der Waals surface area contributed by atoms with Gasteiger partial charge in [0.05, 0.1) is 24.4 Å². The standard InChI is InChI=1S/C15H24INO3/c1-11(9-17)7-12-4-5-14-15(10-16,20-12)8-13(19-14)3-2-6-18/h11-14,18H,2-8,10H2,1H3/t11-,12?,13?,14?,15?/m1/s1. The summed E-state index contributed by atoms with van der Waals surface area (Å²) in [5.74, 6) is 0.0512. The van der Waals surface area contributed by atoms with Crippen molar-refractivity contribution < 1.29 is 14.6 Å². The van der Waals surface area contributed by atoms with Crippen molar-refractivity contribution in [2.24, 2.45) is 5.92 Å². The van der Waals surface area contributed by atoms with E-state index < -0.39 is 0 Å². The molecule has 2 aliphatic rings. The Hall–Kier alpha value is 0.1000. The fourth-order valence-corrected chi connectivity index (χ4v) is 4.36. The van der Waals surface area contributed by atoms with Crippen molar-refractivity contribution in [2.75, 3.05) is 11.0 Å². The fourth-order valence-electron chi connectivity index (χ4n) is 3.38. The van der Waals surface area contributed by atoms with Gasteiger partial charge in [0.2, 0.25) is 0 Å². The molecule has 0 aromatic carbocycles. The van der Waals surface area contributed by atoms with Crippen LogP contribution in [-0.2, 0) is 9.47 Å². The van der Waals surface area contributed by atoms with Crippen molar-refractivity contribution in [1.82, 2.24) is 0 Å². The molecule has 2 fully saturated rings. The zero-order valence-corrected chi connectivity index (χ0v) is 14.2. The molecule has 4 unspecified atom stereocenters. The van der Waals surface area contributed by atoms with Crippen molar-refractivity contribution in [1.29, 1.82) is 5.26 Å². The van der Waals surface area contributed by atoms with E-state index in [4.69, 9.17) is 19.8 Å². The number of fused-ring (bicyclic) bond motifs is 1. The van der Waals surface area contributed by atoms with E-state index in [1.807, 2.05) is 6.92 Å². The van der Waals surface area contributed by atoms with Crippen LogP contribution in [0.4, 0.5) is 0 Å². The number of rotatable bonds is 6. The first kappa shape index (κ1) is 16.5. The first-order valence-corrected chi connectivity index (χ1v) is 9.06. The number of ether oxygens (including phenoxy) is 2. The summed E-state index contributed by atoms with van der Waals surface area (Å²) in [5.41, 5.74) is -0.168. The molecule has 0 saturated carbocycles. The van der Waals surface area contributed by atoms with Crippen LogP contribution in [0, 0.1) is 17.2 Å². The number of hydrogen-bond acceptors (Lipinski definition) is 4. The quantitative estimate of drug-likeness (QED) is 0.557. The Morgan fingerprint density at radius 3 is 2.90 bits per heavy atom. The molecule has 114 valence electrons. The lowest BCUT2D eigenvalue weighted by Crippen LogP contribution is -2.50. The molecule has 0 amide bonds. The van der Waals surface area contributed by atoms with E-state index in [0.717, 1.165) is 43.0 Å². The smallest absolute Gasteiger partial charge is 0.106 e. The molecule has 2 heterocycles. The van der Waals surface area contributed by atoms with Gasteiger partial charge in [-0.1, -0.05) is 22.6 Å². The Balaban J connectivity index is 1.96. The summed E-state index contributed by atoms with van der Waals surface area (Å²) in [6.45, 7) is 2.19. The maximum Gasteiger partial charge on any atom is 0.106 e. The van der Waals surface area contributed by atoms with Crippen LogP contribution in [0.3, 0.4) is 0 Å². The number of alkyl halides is 1. The number of aliphatic hydroxyl groups is 1. The predicted octanol–water partition coefficient (Wildman–Crippen LogP) is 2.82. The summed E-state index contributed by atoms with van der Waals surface area (Å²) in [4.78, 5) is 0. The highest BCUT2D eigenvalue weighted by Gasteiger charge is 2.52. The van der Waals surface area contributed by atoms with E-state index in [1.165, 1.54) is 0 Å². The molecule has 2 aliphatic heterocycles. The zero-order chi connectivity index (χ0) is 14.6. The third kappa shape index (κ3) is 3.65. The van der Waals surface area contributed by atoms with Gasteiger partial charge in [-0.15, -0.1) is 0 Å². The van der Waals surface area contributed by atoms with E-state index in [1.54, 1.807) is 0 Å². The monoisotopic (exact) mass is 393 g/mol. The Labute approximate surface area is 135 Å². The Morgan fingerprint density at radius 2 is 2.25 bits per heavy atom. The van der Waals surface area contributed by atoms with Gasteiger partial charge in [0, 0.05) is 23.4 Å². The molecular formula is C15H24INO3. The molecular weight excluding hydrogens is 369 g/mol. The highest BCUT2D eigenvalue weighted by atomic mass is 127. The molecule has 0 aromatic rings. The molecule has 1 N–H and O–H groups in total. The maximum absolute atomic E-state index is 8.96. The number of hydrogen-bond donors (Lipinski definition) is 1. The Bertz CT molecular complexity index is 360. The summed E-state index contributed by atoms with van der Waals surface area (Å²) in [6.07, 6.45) is 6.07. The second kappa shape index (κ2) is 7.39. The molecule has 0 aliphatic carbocycles. The van der Waals surface area contributed by atoms with E-state index in [9.17, 15) is 0 Å². The number of nitrogens with zero attached hydrogens (tertiary/aromatic N) is 1. The minimum atomic E-state index is -0.168. The average Bonchev–Trinajstić information content (AvgIpc) is 2.83. The van der Waals surface area contributed by atoms with Gasteiger partial charge in [-0.3, -0.25) is 0 Å². The summed E-state index contributed by atoms with van der Waals surface area (Å²) in [6, 6.07) is 2.30. The van der Waals surface area contributed by atoms with Crippen LogP contribution in [0.1, 0.15) is 45.4 Å². The lowest BCUT2D eigenvalue weighted by atomic mass is 9.86. The average molecular weight is 393 g/mol. The van der Waals surface area contributed by atoms with Gasteiger partial charge in [-0.25, -0.2) is 0 Å². The summed E-state index contributed by atoms with van der Waals surface area (Å²) in [5, 5.41) is 17.9. The molecule has 2 saturated heterocycles. The van der Waals surface area contributed by atoms with Crippen molar-refractivity contribution >= 4 is 22.6 Å². The highest BCUT2D eigenvalue weighted by Crippen LogP contribution is 2.44. The predicted molar refractivity (Wildman–Crippen MR) is 84.7 cm³/mol. The normalized spacial score (nSPS) is 38.2. The summed E-state index contributed by atoms with van der Waals surface area (Å²) >= 11 is 2.40. The van der Waals surface area contributed by atoms with Crippen molar-refractivity contribution in [3.8, 4) is 6.07 Å². The molecule has 0 bridgehead atoms. The van der Waals surface area contributed by atoms with Crippen LogP contribution in [0.2, 0.25) is 0 Å². The second-order valence-corrected chi connectivity index (χ2v) is 6.86. The lowest BCUT2D eigenvalue weighted by molar-refractivity contribution is -0.155. The molecule has 5 atom stereocenters. The maximum atomic E-state index is 8.96. The van der Waals surface area contributed by atoms with Gasteiger partial charge in [0.25, 0.3) is 0 Å². The van der Waals surface area contributed by atoms with Crippen LogP contribution in [0.25, 0.3) is 0 Å². The minimum absolute atomic E-state index is 0.0512. The van der Waals surface area contributed by atoms with Gasteiger partial charge in [-0.05, 0) is 39.0 Å². The third-order valence-electron chi connectivity index (χ3n) is 4.42. The Morgan fingerprint density at radius 1 is 1.45 bits per heavy atom. The topological polar surface area (TPSA) is 62.5 Å². The van der Waals surface area contributed by atoms with Crippen molar-refractivity contribution in [3.63, 3.8) is 0 Å². The van der Waals surface area contributed by atoms with Gasteiger partial charge in [0.1, 0.15) is 5.60 Å². The molecule has 5 heteroatoms. The van der Waals surface area contributed by atoms with E-state index >= 15 is 0 Å². The van der Waals surface area contributed by atoms with Gasteiger partial charge >= 0.3 is 0 Å². The lowest BCUT2D eigenvalue weighted by Gasteiger charge is -2.41. The first-order chi connectivity index (χ1) is 9.63. The zero-order valence-electron chi connectivity index (χ0n) is 12.1. The van der Waals surface area contributed by atoms with Crippen molar-refractivity contribution in [3.05, 3.63) is 0 Å². The number of nitriles is 1. The van der Waals surface area contributed by atoms with Crippen LogP contribution in [0.5, 0.6) is 0 Å².